The molecule has 1 aromatic heterocycles. The number of alkyl halides is 6. The standard InChI is InChI=1S/C31H33F6N5O3/c1-18(43)41-13-10-26-24(17-41)28(19-2-4-21(5-3-19)30(32,33)34)39-42(26)16-23(44)15-40-11-8-20(9-12-40)29-38-25-14-22(31(35,36)37)6-7-27(25)45-29/h2-7,14,20,23,29,38,44H,8-13,15-17H2,1H3. The number of likely N-dealkylation sites (tertiary alicyclic amines) is 1. The summed E-state index contributed by atoms with van der Waals surface area (Å²) in [5.41, 5.74) is 1.43. The summed E-state index contributed by atoms with van der Waals surface area (Å²) in [5, 5.41) is 18.9. The summed E-state index contributed by atoms with van der Waals surface area (Å²) in [7, 11) is 0. The number of benzene rings is 2. The molecular formula is C31H33F6N5O3. The topological polar surface area (TPSA) is 82.9 Å². The number of rotatable bonds is 6. The summed E-state index contributed by atoms with van der Waals surface area (Å²) in [6.07, 6.45) is -8.17. The van der Waals surface area contributed by atoms with Gasteiger partial charge in [-0.15, -0.1) is 0 Å². The smallest absolute Gasteiger partial charge is 0.416 e. The number of carbonyl (C=O) groups is 1. The van der Waals surface area contributed by atoms with Crippen LogP contribution in [-0.4, -0.2) is 69.1 Å². The van der Waals surface area contributed by atoms with Gasteiger partial charge in [-0.1, -0.05) is 12.1 Å². The second-order valence-electron chi connectivity index (χ2n) is 11.9. The van der Waals surface area contributed by atoms with Gasteiger partial charge in [0.1, 0.15) is 5.75 Å². The highest BCUT2D eigenvalue weighted by atomic mass is 19.4. The summed E-state index contributed by atoms with van der Waals surface area (Å²) in [4.78, 5) is 15.9. The lowest BCUT2D eigenvalue weighted by molar-refractivity contribution is -0.138. The minimum atomic E-state index is -4.46. The van der Waals surface area contributed by atoms with Crippen molar-refractivity contribution in [3.63, 3.8) is 0 Å². The Labute approximate surface area is 255 Å². The van der Waals surface area contributed by atoms with E-state index in [4.69, 9.17) is 9.84 Å². The Morgan fingerprint density at radius 1 is 1.00 bits per heavy atom. The molecule has 0 bridgehead atoms. The minimum Gasteiger partial charge on any atom is -0.468 e. The fourth-order valence-corrected chi connectivity index (χ4v) is 6.41. The second-order valence-corrected chi connectivity index (χ2v) is 11.9. The summed E-state index contributed by atoms with van der Waals surface area (Å²) in [6, 6.07) is 8.18. The van der Waals surface area contributed by atoms with Crippen molar-refractivity contribution in [2.75, 3.05) is 31.5 Å². The average Bonchev–Trinajstić information content (AvgIpc) is 3.57. The summed E-state index contributed by atoms with van der Waals surface area (Å²) >= 11 is 0. The van der Waals surface area contributed by atoms with E-state index < -0.39 is 35.8 Å². The molecule has 0 spiro atoms. The van der Waals surface area contributed by atoms with E-state index in [1.807, 2.05) is 0 Å². The van der Waals surface area contributed by atoms with E-state index in [2.05, 4.69) is 10.2 Å². The Kier molecular flexibility index (Phi) is 8.23. The zero-order valence-electron chi connectivity index (χ0n) is 24.5. The van der Waals surface area contributed by atoms with Crippen molar-refractivity contribution in [1.29, 1.82) is 0 Å². The zero-order valence-corrected chi connectivity index (χ0v) is 24.5. The third-order valence-electron chi connectivity index (χ3n) is 8.84. The first-order valence-electron chi connectivity index (χ1n) is 14.8. The average molecular weight is 638 g/mol. The van der Waals surface area contributed by atoms with Crippen molar-refractivity contribution in [3.05, 3.63) is 64.8 Å². The number of aromatic nitrogens is 2. The van der Waals surface area contributed by atoms with Crippen molar-refractivity contribution >= 4 is 11.6 Å². The molecular weight excluding hydrogens is 604 g/mol. The van der Waals surface area contributed by atoms with Gasteiger partial charge in [-0.2, -0.15) is 31.4 Å². The molecule has 2 atom stereocenters. The van der Waals surface area contributed by atoms with Crippen LogP contribution in [0.5, 0.6) is 5.75 Å². The van der Waals surface area contributed by atoms with Gasteiger partial charge in [0, 0.05) is 55.7 Å². The molecule has 6 rings (SSSR count). The Balaban J connectivity index is 1.09. The van der Waals surface area contributed by atoms with Crippen LogP contribution in [0.2, 0.25) is 0 Å². The number of halogens is 6. The van der Waals surface area contributed by atoms with E-state index in [0.29, 0.717) is 55.3 Å². The highest BCUT2D eigenvalue weighted by Crippen LogP contribution is 2.41. The van der Waals surface area contributed by atoms with Crippen LogP contribution in [0.25, 0.3) is 11.3 Å². The second kappa shape index (κ2) is 11.9. The molecule has 242 valence electrons. The van der Waals surface area contributed by atoms with Crippen molar-refractivity contribution < 1.29 is 41.0 Å². The maximum Gasteiger partial charge on any atom is 0.416 e. The molecule has 1 fully saturated rings. The number of carbonyl (C=O) groups excluding carboxylic acids is 1. The number of nitrogens with one attached hydrogen (secondary N) is 1. The van der Waals surface area contributed by atoms with E-state index in [1.165, 1.54) is 25.1 Å². The number of ether oxygens (including phenoxy) is 1. The quantitative estimate of drug-likeness (QED) is 0.353. The largest absolute Gasteiger partial charge is 0.468 e. The van der Waals surface area contributed by atoms with E-state index in [9.17, 15) is 36.2 Å². The SMILES string of the molecule is CC(=O)N1CCc2c(c(-c3ccc(C(F)(F)F)cc3)nn2CC(O)CN2CCC(C3Nc4cc(C(F)(F)F)ccc4O3)CC2)C1. The summed E-state index contributed by atoms with van der Waals surface area (Å²) in [6.45, 7) is 4.09. The molecule has 0 radical (unpaired) electrons. The maximum absolute atomic E-state index is 13.1. The number of aliphatic hydroxyl groups is 1. The highest BCUT2D eigenvalue weighted by Gasteiger charge is 2.37. The van der Waals surface area contributed by atoms with Gasteiger partial charge < -0.3 is 25.0 Å². The van der Waals surface area contributed by atoms with Crippen LogP contribution in [0, 0.1) is 5.92 Å². The van der Waals surface area contributed by atoms with Crippen LogP contribution >= 0.6 is 0 Å². The van der Waals surface area contributed by atoms with Gasteiger partial charge in [-0.25, -0.2) is 0 Å². The molecule has 3 aliphatic rings. The number of β-amino-alcohol motifs (C(OH)–C–C–N with tert-alkyl or cyclic N) is 1. The van der Waals surface area contributed by atoms with Crippen LogP contribution in [0.1, 0.15) is 42.1 Å². The number of anilines is 1. The van der Waals surface area contributed by atoms with Gasteiger partial charge in [0.15, 0.2) is 6.23 Å². The molecule has 8 nitrogen and oxygen atoms in total. The Morgan fingerprint density at radius 3 is 2.31 bits per heavy atom. The lowest BCUT2D eigenvalue weighted by Gasteiger charge is -2.35. The first-order valence-corrected chi connectivity index (χ1v) is 14.8. The molecule has 2 aromatic carbocycles. The van der Waals surface area contributed by atoms with Crippen LogP contribution in [0.3, 0.4) is 0 Å². The number of nitrogens with zero attached hydrogens (tertiary/aromatic N) is 4. The van der Waals surface area contributed by atoms with Gasteiger partial charge in [0.05, 0.1) is 35.2 Å². The molecule has 2 N–H and O–H groups in total. The number of aliphatic hydroxyl groups excluding tert-OH is 1. The van der Waals surface area contributed by atoms with Gasteiger partial charge in [-0.05, 0) is 56.3 Å². The van der Waals surface area contributed by atoms with Crippen molar-refractivity contribution in [2.45, 2.75) is 64.0 Å². The minimum absolute atomic E-state index is 0.0776. The van der Waals surface area contributed by atoms with Gasteiger partial charge in [0.25, 0.3) is 0 Å². The number of hydrogen-bond donors (Lipinski definition) is 2. The molecule has 2 unspecified atom stereocenters. The number of fused-ring (bicyclic) bond motifs is 2. The van der Waals surface area contributed by atoms with Crippen LogP contribution < -0.4 is 10.1 Å². The number of amides is 1. The molecule has 14 heteroatoms. The van der Waals surface area contributed by atoms with Gasteiger partial charge in [0.2, 0.25) is 5.91 Å². The fraction of sp³-hybridized carbons (Fsp3) is 0.484. The van der Waals surface area contributed by atoms with E-state index in [-0.39, 0.29) is 24.9 Å². The van der Waals surface area contributed by atoms with Crippen molar-refractivity contribution in [1.82, 2.24) is 19.6 Å². The predicted molar refractivity (Wildman–Crippen MR) is 152 cm³/mol. The monoisotopic (exact) mass is 637 g/mol. The van der Waals surface area contributed by atoms with Crippen LogP contribution in [-0.2, 0) is 36.7 Å². The zero-order chi connectivity index (χ0) is 32.1. The molecule has 3 aromatic rings. The third-order valence-corrected chi connectivity index (χ3v) is 8.84. The molecule has 0 aliphatic carbocycles. The van der Waals surface area contributed by atoms with E-state index in [0.717, 1.165) is 48.4 Å². The van der Waals surface area contributed by atoms with E-state index >= 15 is 0 Å². The van der Waals surface area contributed by atoms with Crippen molar-refractivity contribution in [3.8, 4) is 17.0 Å². The Hall–Kier alpha value is -3.78. The summed E-state index contributed by atoms with van der Waals surface area (Å²) < 4.78 is 86.3. The summed E-state index contributed by atoms with van der Waals surface area (Å²) in [5.74, 6) is 0.368. The lowest BCUT2D eigenvalue weighted by atomic mass is 9.95. The molecule has 4 heterocycles. The molecule has 1 saturated heterocycles. The molecule has 45 heavy (non-hydrogen) atoms. The Bertz CT molecular complexity index is 1550. The molecule has 3 aliphatic heterocycles. The number of hydrogen-bond acceptors (Lipinski definition) is 6. The highest BCUT2D eigenvalue weighted by molar-refractivity contribution is 5.74. The third kappa shape index (κ3) is 6.62. The first-order chi connectivity index (χ1) is 21.3. The normalized spacial score (nSPS) is 19.9. The van der Waals surface area contributed by atoms with Crippen LogP contribution in [0.15, 0.2) is 42.5 Å². The van der Waals surface area contributed by atoms with E-state index in [1.54, 1.807) is 9.58 Å². The lowest BCUT2D eigenvalue weighted by Crippen LogP contribution is -2.44. The van der Waals surface area contributed by atoms with Crippen molar-refractivity contribution in [2.24, 2.45) is 5.92 Å². The first kappa shape index (κ1) is 31.2. The fourth-order valence-electron chi connectivity index (χ4n) is 6.41. The maximum atomic E-state index is 13.1. The Morgan fingerprint density at radius 2 is 1.67 bits per heavy atom. The van der Waals surface area contributed by atoms with Gasteiger partial charge in [-0.3, -0.25) is 9.48 Å². The number of piperidine rings is 1. The van der Waals surface area contributed by atoms with Gasteiger partial charge >= 0.3 is 12.4 Å². The molecule has 0 saturated carbocycles. The van der Waals surface area contributed by atoms with Crippen LogP contribution in [0.4, 0.5) is 32.0 Å². The molecule has 1 amide bonds. The predicted octanol–water partition coefficient (Wildman–Crippen LogP) is 5.40.